The van der Waals surface area contributed by atoms with E-state index in [4.69, 9.17) is 27.9 Å². The molecule has 0 atom stereocenters. The van der Waals surface area contributed by atoms with Crippen molar-refractivity contribution in [2.24, 2.45) is 0 Å². The Morgan fingerprint density at radius 3 is 2.75 bits per heavy atom. The van der Waals surface area contributed by atoms with Gasteiger partial charge >= 0.3 is 5.97 Å². The van der Waals surface area contributed by atoms with Crippen molar-refractivity contribution in [1.29, 1.82) is 0 Å². The highest BCUT2D eigenvalue weighted by Crippen LogP contribution is 2.31. The van der Waals surface area contributed by atoms with Gasteiger partial charge in [-0.3, -0.25) is 0 Å². The van der Waals surface area contributed by atoms with Gasteiger partial charge < -0.3 is 4.74 Å². The molecule has 3 rings (SSSR count). The highest BCUT2D eigenvalue weighted by atomic mass is 35.5. The molecule has 2 aromatic rings. The fourth-order valence-corrected chi connectivity index (χ4v) is 2.96. The van der Waals surface area contributed by atoms with Gasteiger partial charge in [0.05, 0.1) is 10.5 Å². The number of benzene rings is 1. The van der Waals surface area contributed by atoms with Crippen LogP contribution < -0.4 is 0 Å². The molecule has 1 aromatic carbocycles. The number of halogens is 2. The lowest BCUT2D eigenvalue weighted by molar-refractivity contribution is -0.130. The van der Waals surface area contributed by atoms with Crippen molar-refractivity contribution in [3.05, 3.63) is 67.8 Å². The first kappa shape index (κ1) is 13.4. The van der Waals surface area contributed by atoms with Gasteiger partial charge in [-0.2, -0.15) is 0 Å². The van der Waals surface area contributed by atoms with Crippen molar-refractivity contribution in [3.63, 3.8) is 0 Å². The summed E-state index contributed by atoms with van der Waals surface area (Å²) in [7, 11) is 0. The minimum atomic E-state index is -0.376. The van der Waals surface area contributed by atoms with Gasteiger partial charge in [0.15, 0.2) is 0 Å². The third-order valence-electron chi connectivity index (χ3n) is 2.76. The normalized spacial score (nSPS) is 16.4. The van der Waals surface area contributed by atoms with Crippen molar-refractivity contribution < 1.29 is 9.53 Å². The zero-order valence-electron chi connectivity index (χ0n) is 10.1. The van der Waals surface area contributed by atoms with Crippen LogP contribution in [0.1, 0.15) is 10.4 Å². The van der Waals surface area contributed by atoms with E-state index in [1.807, 2.05) is 17.5 Å². The molecule has 0 spiro atoms. The number of carbonyl (C=O) groups is 1. The lowest BCUT2D eigenvalue weighted by atomic mass is 10.1. The summed E-state index contributed by atoms with van der Waals surface area (Å²) >= 11 is 13.5. The molecular weight excluding hydrogens is 315 g/mol. The Morgan fingerprint density at radius 2 is 2.05 bits per heavy atom. The van der Waals surface area contributed by atoms with Crippen LogP contribution in [-0.2, 0) is 9.53 Å². The number of carbonyl (C=O) groups excluding carboxylic acids is 1. The predicted molar refractivity (Wildman–Crippen MR) is 82.8 cm³/mol. The molecular formula is C15H8Cl2O2S. The number of rotatable bonds is 2. The van der Waals surface area contributed by atoms with E-state index in [2.05, 4.69) is 0 Å². The Hall–Kier alpha value is -1.55. The van der Waals surface area contributed by atoms with Gasteiger partial charge in [0.1, 0.15) is 5.76 Å². The maximum absolute atomic E-state index is 11.9. The molecule has 2 nitrogen and oxygen atoms in total. The summed E-state index contributed by atoms with van der Waals surface area (Å²) in [4.78, 5) is 12.8. The number of hydrogen-bond acceptors (Lipinski definition) is 3. The van der Waals surface area contributed by atoms with Crippen molar-refractivity contribution in [2.75, 3.05) is 0 Å². The third-order valence-corrected chi connectivity index (χ3v) is 4.21. The van der Waals surface area contributed by atoms with Crippen molar-refractivity contribution in [3.8, 4) is 0 Å². The summed E-state index contributed by atoms with van der Waals surface area (Å²) in [6.07, 6.45) is 3.42. The second-order valence-corrected chi connectivity index (χ2v) is 5.93. The monoisotopic (exact) mass is 322 g/mol. The Bertz CT molecular complexity index is 730. The summed E-state index contributed by atoms with van der Waals surface area (Å²) in [5, 5.41) is 2.98. The van der Waals surface area contributed by atoms with Gasteiger partial charge in [0, 0.05) is 10.0 Å². The first-order valence-corrected chi connectivity index (χ1v) is 7.41. The van der Waals surface area contributed by atoms with Crippen LogP contribution in [-0.4, -0.2) is 5.97 Å². The van der Waals surface area contributed by atoms with E-state index >= 15 is 0 Å². The molecule has 0 saturated carbocycles. The van der Waals surface area contributed by atoms with Gasteiger partial charge in [-0.25, -0.2) is 4.79 Å². The molecule has 0 saturated heterocycles. The fourth-order valence-electron chi connectivity index (χ4n) is 1.82. The number of ether oxygens (including phenoxy) is 1. The van der Waals surface area contributed by atoms with E-state index in [1.54, 1.807) is 30.4 Å². The molecule has 1 aliphatic heterocycles. The van der Waals surface area contributed by atoms with E-state index in [0.717, 1.165) is 10.4 Å². The zero-order valence-corrected chi connectivity index (χ0v) is 12.4. The summed E-state index contributed by atoms with van der Waals surface area (Å²) in [5.41, 5.74) is 1.20. The average Bonchev–Trinajstić information content (AvgIpc) is 3.03. The number of hydrogen-bond donors (Lipinski definition) is 0. The van der Waals surface area contributed by atoms with Crippen LogP contribution in [0.15, 0.2) is 47.4 Å². The highest BCUT2D eigenvalue weighted by molar-refractivity contribution is 7.11. The van der Waals surface area contributed by atoms with Gasteiger partial charge in [-0.05, 0) is 41.3 Å². The van der Waals surface area contributed by atoms with Gasteiger partial charge in [0.2, 0.25) is 0 Å². The Morgan fingerprint density at radius 1 is 1.20 bits per heavy atom. The molecule has 0 N–H and O–H groups in total. The molecule has 5 heteroatoms. The minimum Gasteiger partial charge on any atom is -0.421 e. The Balaban J connectivity index is 1.97. The molecule has 0 bridgehead atoms. The van der Waals surface area contributed by atoms with E-state index < -0.39 is 0 Å². The summed E-state index contributed by atoms with van der Waals surface area (Å²) in [6.45, 7) is 0. The van der Waals surface area contributed by atoms with E-state index in [9.17, 15) is 4.79 Å². The molecule has 0 fully saturated rings. The van der Waals surface area contributed by atoms with Gasteiger partial charge in [0.25, 0.3) is 0 Å². The molecule has 0 unspecified atom stereocenters. The maximum Gasteiger partial charge on any atom is 0.343 e. The standard InChI is InChI=1S/C15H8Cl2O2S/c16-11-4-3-9(12(17)8-11)6-10-7-13(19-15(10)18)14-2-1-5-20-14/h1-8H/b10-6+. The number of esters is 1. The molecule has 0 radical (unpaired) electrons. The topological polar surface area (TPSA) is 26.3 Å². The van der Waals surface area contributed by atoms with Crippen molar-refractivity contribution in [1.82, 2.24) is 0 Å². The van der Waals surface area contributed by atoms with Crippen molar-refractivity contribution >= 4 is 52.3 Å². The minimum absolute atomic E-state index is 0.376. The number of thiophene rings is 1. The first-order chi connectivity index (χ1) is 9.63. The lowest BCUT2D eigenvalue weighted by Crippen LogP contribution is -1.96. The zero-order chi connectivity index (χ0) is 14.1. The lowest BCUT2D eigenvalue weighted by Gasteiger charge is -1.99. The largest absolute Gasteiger partial charge is 0.421 e. The van der Waals surface area contributed by atoms with Crippen LogP contribution in [0.3, 0.4) is 0 Å². The quantitative estimate of drug-likeness (QED) is 0.572. The van der Waals surface area contributed by atoms with Crippen molar-refractivity contribution in [2.45, 2.75) is 0 Å². The average molecular weight is 323 g/mol. The van der Waals surface area contributed by atoms with Crippen LogP contribution in [0.5, 0.6) is 0 Å². The highest BCUT2D eigenvalue weighted by Gasteiger charge is 2.22. The molecule has 100 valence electrons. The molecule has 0 amide bonds. The first-order valence-electron chi connectivity index (χ1n) is 5.78. The second-order valence-electron chi connectivity index (χ2n) is 4.14. The van der Waals surface area contributed by atoms with Crippen LogP contribution in [0.2, 0.25) is 10.0 Å². The second kappa shape index (κ2) is 5.44. The molecule has 0 aliphatic carbocycles. The molecule has 2 heterocycles. The van der Waals surface area contributed by atoms with E-state index in [0.29, 0.717) is 21.4 Å². The molecule has 1 aliphatic rings. The van der Waals surface area contributed by atoms with Crippen LogP contribution in [0.4, 0.5) is 0 Å². The van der Waals surface area contributed by atoms with Crippen LogP contribution in [0.25, 0.3) is 11.8 Å². The SMILES string of the molecule is O=C1OC(c2cccs2)=C/C1=C\c1ccc(Cl)cc1Cl. The van der Waals surface area contributed by atoms with E-state index in [1.165, 1.54) is 11.3 Å². The third kappa shape index (κ3) is 2.66. The summed E-state index contributed by atoms with van der Waals surface area (Å²) in [5.74, 6) is 0.195. The van der Waals surface area contributed by atoms with Gasteiger partial charge in [-0.15, -0.1) is 11.3 Å². The molecule has 20 heavy (non-hydrogen) atoms. The smallest absolute Gasteiger partial charge is 0.343 e. The Kier molecular flexibility index (Phi) is 3.66. The van der Waals surface area contributed by atoms with Crippen LogP contribution in [0, 0.1) is 0 Å². The summed E-state index contributed by atoms with van der Waals surface area (Å²) in [6, 6.07) is 8.94. The Labute approximate surface area is 129 Å². The maximum atomic E-state index is 11.9. The summed E-state index contributed by atoms with van der Waals surface area (Å²) < 4.78 is 5.25. The van der Waals surface area contributed by atoms with E-state index in [-0.39, 0.29) is 5.97 Å². The number of cyclic esters (lactones) is 1. The molecule has 1 aromatic heterocycles. The van der Waals surface area contributed by atoms with Crippen LogP contribution >= 0.6 is 34.5 Å². The predicted octanol–water partition coefficient (Wildman–Crippen LogP) is 5.04. The fraction of sp³-hybridized carbons (Fsp3) is 0. The van der Waals surface area contributed by atoms with Gasteiger partial charge in [-0.1, -0.05) is 35.3 Å².